The molecular formula is C11H23NO4S. The average Bonchev–Trinajstić information content (AvgIpc) is 2.27. The second-order valence-corrected chi connectivity index (χ2v) is 5.67. The van der Waals surface area contributed by atoms with Crippen molar-refractivity contribution in [2.24, 2.45) is 5.92 Å². The smallest absolute Gasteiger partial charge is 0.0701 e. The second-order valence-electron chi connectivity index (χ2n) is 4.05. The lowest BCUT2D eigenvalue weighted by Crippen LogP contribution is -2.45. The molecule has 1 heterocycles. The van der Waals surface area contributed by atoms with E-state index < -0.39 is 10.8 Å². The number of nitrogens with one attached hydrogen (secondary N) is 1. The van der Waals surface area contributed by atoms with Gasteiger partial charge in [-0.3, -0.25) is 4.21 Å². The Kier molecular flexibility index (Phi) is 8.82. The summed E-state index contributed by atoms with van der Waals surface area (Å²) in [6.45, 7) is 4.93. The molecule has 0 aromatic carbocycles. The molecule has 1 unspecified atom stereocenters. The van der Waals surface area contributed by atoms with Gasteiger partial charge in [-0.15, -0.1) is 0 Å². The van der Waals surface area contributed by atoms with Crippen LogP contribution in [0.25, 0.3) is 0 Å². The first kappa shape index (κ1) is 15.0. The molecular weight excluding hydrogens is 242 g/mol. The monoisotopic (exact) mass is 265 g/mol. The molecule has 1 saturated heterocycles. The fourth-order valence-corrected chi connectivity index (χ4v) is 2.66. The highest BCUT2D eigenvalue weighted by molar-refractivity contribution is 7.85. The first-order valence-electron chi connectivity index (χ1n) is 6.03. The van der Waals surface area contributed by atoms with Crippen LogP contribution in [0.5, 0.6) is 0 Å². The molecule has 1 atom stereocenters. The maximum atomic E-state index is 11.6. The normalized spacial score (nSPS) is 17.9. The van der Waals surface area contributed by atoms with Gasteiger partial charge in [-0.1, -0.05) is 0 Å². The molecule has 0 bridgehead atoms. The summed E-state index contributed by atoms with van der Waals surface area (Å²) in [5.74, 6) is 2.04. The topological polar surface area (TPSA) is 56.8 Å². The Hall–Kier alpha value is -0.0100. The third kappa shape index (κ3) is 7.83. The van der Waals surface area contributed by atoms with Gasteiger partial charge in [0.25, 0.3) is 0 Å². The van der Waals surface area contributed by atoms with Crippen molar-refractivity contribution in [2.45, 2.75) is 0 Å². The summed E-state index contributed by atoms with van der Waals surface area (Å²) >= 11 is 0. The van der Waals surface area contributed by atoms with Crippen molar-refractivity contribution >= 4 is 10.8 Å². The van der Waals surface area contributed by atoms with Crippen LogP contribution in [0.15, 0.2) is 0 Å². The number of methoxy groups -OCH3 is 1. The summed E-state index contributed by atoms with van der Waals surface area (Å²) < 4.78 is 27.0. The fourth-order valence-electron chi connectivity index (χ4n) is 1.43. The molecule has 1 rings (SSSR count). The van der Waals surface area contributed by atoms with Crippen molar-refractivity contribution in [3.63, 3.8) is 0 Å². The SMILES string of the molecule is COCCOCCOCCS(=O)CC1CNC1. The number of rotatable bonds is 11. The van der Waals surface area contributed by atoms with E-state index in [4.69, 9.17) is 14.2 Å². The minimum Gasteiger partial charge on any atom is -0.382 e. The first-order valence-corrected chi connectivity index (χ1v) is 7.52. The zero-order chi connectivity index (χ0) is 12.3. The Morgan fingerprint density at radius 1 is 1.12 bits per heavy atom. The van der Waals surface area contributed by atoms with Gasteiger partial charge in [-0.2, -0.15) is 0 Å². The van der Waals surface area contributed by atoms with Crippen LogP contribution in [0.4, 0.5) is 0 Å². The Balaban J connectivity index is 1.78. The lowest BCUT2D eigenvalue weighted by atomic mass is 10.1. The second kappa shape index (κ2) is 9.96. The lowest BCUT2D eigenvalue weighted by Gasteiger charge is -2.26. The molecule has 0 radical (unpaired) electrons. The zero-order valence-corrected chi connectivity index (χ0v) is 11.3. The van der Waals surface area contributed by atoms with Crippen molar-refractivity contribution in [2.75, 3.05) is 64.7 Å². The van der Waals surface area contributed by atoms with Crippen LogP contribution in [-0.2, 0) is 25.0 Å². The van der Waals surface area contributed by atoms with E-state index in [1.807, 2.05) is 0 Å². The number of ether oxygens (including phenoxy) is 3. The van der Waals surface area contributed by atoms with E-state index in [1.165, 1.54) is 0 Å². The van der Waals surface area contributed by atoms with Gasteiger partial charge >= 0.3 is 0 Å². The number of hydrogen-bond donors (Lipinski definition) is 1. The van der Waals surface area contributed by atoms with E-state index in [2.05, 4.69) is 5.32 Å². The minimum atomic E-state index is -0.735. The molecule has 0 saturated carbocycles. The van der Waals surface area contributed by atoms with Crippen LogP contribution < -0.4 is 5.32 Å². The zero-order valence-electron chi connectivity index (χ0n) is 10.5. The summed E-state index contributed by atoms with van der Waals surface area (Å²) in [5, 5.41) is 3.17. The predicted molar refractivity (Wildman–Crippen MR) is 67.8 cm³/mol. The van der Waals surface area contributed by atoms with E-state index in [1.54, 1.807) is 7.11 Å². The van der Waals surface area contributed by atoms with Crippen LogP contribution in [0.1, 0.15) is 0 Å². The largest absolute Gasteiger partial charge is 0.382 e. The van der Waals surface area contributed by atoms with Gasteiger partial charge in [0, 0.05) is 42.5 Å². The predicted octanol–water partition coefficient (Wildman–Crippen LogP) is -0.366. The summed E-state index contributed by atoms with van der Waals surface area (Å²) in [5.41, 5.74) is 0. The minimum absolute atomic E-state index is 0.556. The molecule has 5 nitrogen and oxygen atoms in total. The highest BCUT2D eigenvalue weighted by Crippen LogP contribution is 2.04. The Morgan fingerprint density at radius 2 is 1.76 bits per heavy atom. The van der Waals surface area contributed by atoms with Gasteiger partial charge in [0.05, 0.1) is 33.0 Å². The van der Waals surface area contributed by atoms with Crippen LogP contribution in [0.2, 0.25) is 0 Å². The van der Waals surface area contributed by atoms with Gasteiger partial charge in [0.15, 0.2) is 0 Å². The first-order chi connectivity index (χ1) is 8.33. The number of hydrogen-bond acceptors (Lipinski definition) is 5. The molecule has 1 aliphatic rings. The molecule has 1 aliphatic heterocycles. The third-order valence-electron chi connectivity index (χ3n) is 2.55. The summed E-state index contributed by atoms with van der Waals surface area (Å²) in [7, 11) is 0.911. The highest BCUT2D eigenvalue weighted by atomic mass is 32.2. The average molecular weight is 265 g/mol. The molecule has 1 N–H and O–H groups in total. The maximum absolute atomic E-state index is 11.6. The van der Waals surface area contributed by atoms with E-state index >= 15 is 0 Å². The van der Waals surface area contributed by atoms with Crippen molar-refractivity contribution in [1.82, 2.24) is 5.32 Å². The van der Waals surface area contributed by atoms with Gasteiger partial charge in [0.2, 0.25) is 0 Å². The highest BCUT2D eigenvalue weighted by Gasteiger charge is 2.18. The molecule has 6 heteroatoms. The van der Waals surface area contributed by atoms with Crippen LogP contribution in [-0.4, -0.2) is 68.9 Å². The molecule has 0 aromatic rings. The van der Waals surface area contributed by atoms with Crippen molar-refractivity contribution in [1.29, 1.82) is 0 Å². The Morgan fingerprint density at radius 3 is 2.35 bits per heavy atom. The van der Waals surface area contributed by atoms with Gasteiger partial charge in [-0.25, -0.2) is 0 Å². The molecule has 102 valence electrons. The molecule has 1 fully saturated rings. The Labute approximate surface area is 106 Å². The van der Waals surface area contributed by atoms with E-state index in [0.717, 1.165) is 18.8 Å². The molecule has 0 amide bonds. The van der Waals surface area contributed by atoms with E-state index in [-0.39, 0.29) is 0 Å². The summed E-state index contributed by atoms with van der Waals surface area (Å²) in [4.78, 5) is 0. The van der Waals surface area contributed by atoms with Crippen LogP contribution in [0, 0.1) is 5.92 Å². The van der Waals surface area contributed by atoms with Crippen LogP contribution in [0.3, 0.4) is 0 Å². The van der Waals surface area contributed by atoms with Crippen molar-refractivity contribution in [3.05, 3.63) is 0 Å². The lowest BCUT2D eigenvalue weighted by molar-refractivity contribution is 0.0285. The Bertz CT molecular complexity index is 212. The molecule has 17 heavy (non-hydrogen) atoms. The van der Waals surface area contributed by atoms with E-state index in [0.29, 0.717) is 44.7 Å². The standard InChI is InChI=1S/C11H23NO4S/c1-14-2-3-15-4-5-16-6-7-17(13)10-11-8-12-9-11/h11-12H,2-10H2,1H3. The maximum Gasteiger partial charge on any atom is 0.0701 e. The quantitative estimate of drug-likeness (QED) is 0.517. The van der Waals surface area contributed by atoms with E-state index in [9.17, 15) is 4.21 Å². The van der Waals surface area contributed by atoms with Gasteiger partial charge in [-0.05, 0) is 5.92 Å². The van der Waals surface area contributed by atoms with Gasteiger partial charge in [0.1, 0.15) is 0 Å². The van der Waals surface area contributed by atoms with Crippen molar-refractivity contribution in [3.8, 4) is 0 Å². The molecule has 0 spiro atoms. The summed E-state index contributed by atoms with van der Waals surface area (Å²) in [6, 6.07) is 0. The molecule has 0 aliphatic carbocycles. The fraction of sp³-hybridized carbons (Fsp3) is 1.00. The molecule has 0 aromatic heterocycles. The van der Waals surface area contributed by atoms with Gasteiger partial charge < -0.3 is 19.5 Å². The summed E-state index contributed by atoms with van der Waals surface area (Å²) in [6.07, 6.45) is 0. The van der Waals surface area contributed by atoms with Crippen LogP contribution >= 0.6 is 0 Å². The third-order valence-corrected chi connectivity index (χ3v) is 4.01. The van der Waals surface area contributed by atoms with Crippen molar-refractivity contribution < 1.29 is 18.4 Å².